The minimum Gasteiger partial charge on any atom is -0.481 e. The average molecular weight is 270 g/mol. The number of nitrogens with zero attached hydrogens (tertiary/aromatic N) is 1. The SMILES string of the molecule is CC(=O)N(Cc1ccccc1Cl)CC(C)C(=O)O. The maximum absolute atomic E-state index is 11.5. The maximum atomic E-state index is 11.5. The minimum atomic E-state index is -0.916. The van der Waals surface area contributed by atoms with Gasteiger partial charge in [-0.15, -0.1) is 0 Å². The van der Waals surface area contributed by atoms with E-state index in [1.54, 1.807) is 13.0 Å². The predicted octanol–water partition coefficient (Wildman–Crippen LogP) is 2.41. The molecule has 0 spiro atoms. The minimum absolute atomic E-state index is 0.164. The number of amides is 1. The van der Waals surface area contributed by atoms with Gasteiger partial charge < -0.3 is 10.0 Å². The molecule has 18 heavy (non-hydrogen) atoms. The van der Waals surface area contributed by atoms with Crippen LogP contribution in [0.25, 0.3) is 0 Å². The molecule has 98 valence electrons. The van der Waals surface area contributed by atoms with Gasteiger partial charge in [-0.2, -0.15) is 0 Å². The molecule has 0 fully saturated rings. The summed E-state index contributed by atoms with van der Waals surface area (Å²) in [5.74, 6) is -1.68. The topological polar surface area (TPSA) is 57.6 Å². The Morgan fingerprint density at radius 1 is 1.39 bits per heavy atom. The van der Waals surface area contributed by atoms with E-state index in [0.717, 1.165) is 5.56 Å². The van der Waals surface area contributed by atoms with Gasteiger partial charge in [0.05, 0.1) is 5.92 Å². The van der Waals surface area contributed by atoms with Gasteiger partial charge in [0, 0.05) is 25.0 Å². The molecule has 4 nitrogen and oxygen atoms in total. The molecule has 0 radical (unpaired) electrons. The number of hydrogen-bond donors (Lipinski definition) is 1. The highest BCUT2D eigenvalue weighted by molar-refractivity contribution is 6.31. The first-order valence-electron chi connectivity index (χ1n) is 5.63. The zero-order valence-electron chi connectivity index (χ0n) is 10.4. The van der Waals surface area contributed by atoms with E-state index in [1.807, 2.05) is 18.2 Å². The second kappa shape index (κ2) is 6.40. The van der Waals surface area contributed by atoms with Crippen LogP contribution in [0.15, 0.2) is 24.3 Å². The van der Waals surface area contributed by atoms with Crippen LogP contribution < -0.4 is 0 Å². The quantitative estimate of drug-likeness (QED) is 0.893. The number of hydrogen-bond acceptors (Lipinski definition) is 2. The van der Waals surface area contributed by atoms with Crippen LogP contribution in [-0.4, -0.2) is 28.4 Å². The summed E-state index contributed by atoms with van der Waals surface area (Å²) in [6.07, 6.45) is 0. The number of aliphatic carboxylic acids is 1. The predicted molar refractivity (Wildman–Crippen MR) is 69.3 cm³/mol. The average Bonchev–Trinajstić information content (AvgIpc) is 2.30. The summed E-state index contributed by atoms with van der Waals surface area (Å²) in [7, 11) is 0. The van der Waals surface area contributed by atoms with Gasteiger partial charge in [-0.1, -0.05) is 36.7 Å². The first-order chi connectivity index (χ1) is 8.41. The van der Waals surface area contributed by atoms with Crippen molar-refractivity contribution >= 4 is 23.5 Å². The normalized spacial score (nSPS) is 11.9. The van der Waals surface area contributed by atoms with Gasteiger partial charge >= 0.3 is 5.97 Å². The van der Waals surface area contributed by atoms with Crippen LogP contribution in [0.1, 0.15) is 19.4 Å². The number of carboxylic acid groups (broad SMARTS) is 1. The molecule has 0 heterocycles. The molecule has 1 atom stereocenters. The van der Waals surface area contributed by atoms with Gasteiger partial charge in [0.1, 0.15) is 0 Å². The monoisotopic (exact) mass is 269 g/mol. The molecule has 0 aromatic heterocycles. The molecule has 0 aliphatic heterocycles. The molecular weight excluding hydrogens is 254 g/mol. The number of benzene rings is 1. The lowest BCUT2D eigenvalue weighted by Gasteiger charge is -2.23. The first-order valence-corrected chi connectivity index (χ1v) is 6.01. The van der Waals surface area contributed by atoms with Gasteiger partial charge in [-0.05, 0) is 11.6 Å². The van der Waals surface area contributed by atoms with E-state index < -0.39 is 11.9 Å². The highest BCUT2D eigenvalue weighted by Crippen LogP contribution is 2.17. The zero-order chi connectivity index (χ0) is 13.7. The Kier molecular flexibility index (Phi) is 5.16. The zero-order valence-corrected chi connectivity index (χ0v) is 11.1. The molecule has 0 bridgehead atoms. The summed E-state index contributed by atoms with van der Waals surface area (Å²) in [5.41, 5.74) is 0.812. The Labute approximate surface area is 111 Å². The molecule has 5 heteroatoms. The maximum Gasteiger partial charge on any atom is 0.308 e. The van der Waals surface area contributed by atoms with Crippen molar-refractivity contribution in [2.75, 3.05) is 6.54 Å². The fourth-order valence-electron chi connectivity index (χ4n) is 1.55. The number of carbonyl (C=O) groups excluding carboxylic acids is 1. The number of carbonyl (C=O) groups is 2. The first kappa shape index (κ1) is 14.5. The summed E-state index contributed by atoms with van der Waals surface area (Å²) in [6.45, 7) is 3.50. The van der Waals surface area contributed by atoms with Crippen molar-refractivity contribution in [3.05, 3.63) is 34.9 Å². The standard InChI is InChI=1S/C13H16ClNO3/c1-9(13(17)18)7-15(10(2)16)8-11-5-3-4-6-12(11)14/h3-6,9H,7-8H2,1-2H3,(H,17,18). The van der Waals surface area contributed by atoms with E-state index in [2.05, 4.69) is 0 Å². The van der Waals surface area contributed by atoms with Crippen LogP contribution in [0.2, 0.25) is 5.02 Å². The smallest absolute Gasteiger partial charge is 0.308 e. The fraction of sp³-hybridized carbons (Fsp3) is 0.385. The molecule has 0 aliphatic rings. The van der Waals surface area contributed by atoms with Gasteiger partial charge in [-0.25, -0.2) is 0 Å². The van der Waals surface area contributed by atoms with Crippen LogP contribution >= 0.6 is 11.6 Å². The Morgan fingerprint density at radius 2 is 2.00 bits per heavy atom. The molecular formula is C13H16ClNO3. The van der Waals surface area contributed by atoms with E-state index in [4.69, 9.17) is 16.7 Å². The lowest BCUT2D eigenvalue weighted by atomic mass is 10.1. The van der Waals surface area contributed by atoms with E-state index in [0.29, 0.717) is 11.6 Å². The Bertz CT molecular complexity index is 448. The number of halogens is 1. The molecule has 0 saturated heterocycles. The summed E-state index contributed by atoms with van der Waals surface area (Å²) in [6, 6.07) is 7.21. The molecule has 1 unspecified atom stereocenters. The van der Waals surface area contributed by atoms with Crippen molar-refractivity contribution < 1.29 is 14.7 Å². The summed E-state index contributed by atoms with van der Waals surface area (Å²) < 4.78 is 0. The van der Waals surface area contributed by atoms with Gasteiger partial charge in [0.25, 0.3) is 0 Å². The lowest BCUT2D eigenvalue weighted by Crippen LogP contribution is -2.35. The summed E-state index contributed by atoms with van der Waals surface area (Å²) >= 11 is 6.02. The molecule has 0 saturated carbocycles. The van der Waals surface area contributed by atoms with E-state index >= 15 is 0 Å². The Hall–Kier alpha value is -1.55. The van der Waals surface area contributed by atoms with Crippen molar-refractivity contribution in [1.82, 2.24) is 4.90 Å². The van der Waals surface area contributed by atoms with Crippen LogP contribution in [0.3, 0.4) is 0 Å². The van der Waals surface area contributed by atoms with E-state index in [-0.39, 0.29) is 12.5 Å². The van der Waals surface area contributed by atoms with Crippen molar-refractivity contribution in [3.8, 4) is 0 Å². The highest BCUT2D eigenvalue weighted by Gasteiger charge is 2.18. The van der Waals surface area contributed by atoms with Crippen LogP contribution in [-0.2, 0) is 16.1 Å². The van der Waals surface area contributed by atoms with Crippen LogP contribution in [0, 0.1) is 5.92 Å². The highest BCUT2D eigenvalue weighted by atomic mass is 35.5. The number of carboxylic acids is 1. The second-order valence-corrected chi connectivity index (χ2v) is 4.64. The fourth-order valence-corrected chi connectivity index (χ4v) is 1.74. The molecule has 1 amide bonds. The molecule has 1 N–H and O–H groups in total. The van der Waals surface area contributed by atoms with Crippen LogP contribution in [0.4, 0.5) is 0 Å². The van der Waals surface area contributed by atoms with E-state index in [1.165, 1.54) is 11.8 Å². The lowest BCUT2D eigenvalue weighted by molar-refractivity contribution is -0.142. The van der Waals surface area contributed by atoms with Crippen molar-refractivity contribution in [1.29, 1.82) is 0 Å². The molecule has 1 rings (SSSR count). The van der Waals surface area contributed by atoms with Crippen LogP contribution in [0.5, 0.6) is 0 Å². The summed E-state index contributed by atoms with van der Waals surface area (Å²) in [5, 5.41) is 9.44. The molecule has 0 aliphatic carbocycles. The largest absolute Gasteiger partial charge is 0.481 e. The van der Waals surface area contributed by atoms with E-state index in [9.17, 15) is 9.59 Å². The third-order valence-electron chi connectivity index (χ3n) is 2.68. The van der Waals surface area contributed by atoms with Gasteiger partial charge in [0.2, 0.25) is 5.91 Å². The molecule has 1 aromatic carbocycles. The third-order valence-corrected chi connectivity index (χ3v) is 3.05. The second-order valence-electron chi connectivity index (χ2n) is 4.23. The molecule has 1 aromatic rings. The van der Waals surface area contributed by atoms with Crippen molar-refractivity contribution in [3.63, 3.8) is 0 Å². The summed E-state index contributed by atoms with van der Waals surface area (Å²) in [4.78, 5) is 23.8. The number of rotatable bonds is 5. The Morgan fingerprint density at radius 3 is 2.50 bits per heavy atom. The third kappa shape index (κ3) is 4.04. The van der Waals surface area contributed by atoms with Gasteiger partial charge in [0.15, 0.2) is 0 Å². The Balaban J connectivity index is 2.78. The van der Waals surface area contributed by atoms with Gasteiger partial charge in [-0.3, -0.25) is 9.59 Å². The van der Waals surface area contributed by atoms with Crippen molar-refractivity contribution in [2.24, 2.45) is 5.92 Å². The van der Waals surface area contributed by atoms with Crippen molar-refractivity contribution in [2.45, 2.75) is 20.4 Å².